The zero-order valence-electron chi connectivity index (χ0n) is 22.6. The summed E-state index contributed by atoms with van der Waals surface area (Å²) < 4.78 is 9.47. The molecular formula is C30H32N6O3. The van der Waals surface area contributed by atoms with Gasteiger partial charge in [-0.25, -0.2) is 14.8 Å². The van der Waals surface area contributed by atoms with Gasteiger partial charge in [-0.05, 0) is 76.3 Å². The van der Waals surface area contributed by atoms with Crippen molar-refractivity contribution in [3.63, 3.8) is 0 Å². The molecule has 1 fully saturated rings. The zero-order valence-corrected chi connectivity index (χ0v) is 22.6. The number of carbonyl (C=O) groups excluding carboxylic acids is 2. The molecule has 0 bridgehead atoms. The van der Waals surface area contributed by atoms with Gasteiger partial charge in [-0.3, -0.25) is 9.69 Å². The van der Waals surface area contributed by atoms with Crippen LogP contribution < -0.4 is 4.90 Å². The number of ether oxygens (including phenoxy) is 1. The van der Waals surface area contributed by atoms with Crippen molar-refractivity contribution in [3.8, 4) is 6.07 Å². The Bertz CT molecular complexity index is 1640. The number of carbonyl (C=O) groups is 2. The van der Waals surface area contributed by atoms with Crippen molar-refractivity contribution in [3.05, 3.63) is 53.6 Å². The normalized spacial score (nSPS) is 21.1. The molecule has 2 aliphatic rings. The van der Waals surface area contributed by atoms with Crippen molar-refractivity contribution >= 4 is 39.6 Å². The highest BCUT2D eigenvalue weighted by atomic mass is 16.5. The minimum atomic E-state index is -0.364. The van der Waals surface area contributed by atoms with Gasteiger partial charge in [0.15, 0.2) is 0 Å². The van der Waals surface area contributed by atoms with Crippen LogP contribution in [0, 0.1) is 17.2 Å². The summed E-state index contributed by atoms with van der Waals surface area (Å²) in [6, 6.07) is 12.0. The summed E-state index contributed by atoms with van der Waals surface area (Å²) in [7, 11) is 1.41. The summed E-state index contributed by atoms with van der Waals surface area (Å²) in [5.74, 6) is 1.18. The molecule has 1 saturated carbocycles. The highest BCUT2D eigenvalue weighted by Gasteiger charge is 2.33. The number of nitriles is 1. The maximum Gasteiger partial charge on any atom is 0.414 e. The Balaban J connectivity index is 1.52. The average molecular weight is 525 g/mol. The fourth-order valence-electron chi connectivity index (χ4n) is 6.51. The highest BCUT2D eigenvalue weighted by molar-refractivity contribution is 5.95. The number of benzene rings is 1. The van der Waals surface area contributed by atoms with Crippen molar-refractivity contribution in [2.75, 3.05) is 12.0 Å². The van der Waals surface area contributed by atoms with Gasteiger partial charge in [0.2, 0.25) is 0 Å². The first-order valence-corrected chi connectivity index (χ1v) is 13.7. The van der Waals surface area contributed by atoms with Gasteiger partial charge in [0, 0.05) is 35.1 Å². The van der Waals surface area contributed by atoms with E-state index >= 15 is 0 Å². The van der Waals surface area contributed by atoms with Crippen molar-refractivity contribution < 1.29 is 14.3 Å². The molecule has 200 valence electrons. The lowest BCUT2D eigenvalue weighted by atomic mass is 9.83. The van der Waals surface area contributed by atoms with Crippen molar-refractivity contribution in [1.29, 1.82) is 5.26 Å². The average Bonchev–Trinajstić information content (AvgIpc) is 3.53. The van der Waals surface area contributed by atoms with Gasteiger partial charge < -0.3 is 13.9 Å². The molecule has 3 aromatic heterocycles. The Morgan fingerprint density at radius 3 is 2.74 bits per heavy atom. The number of aromatic nitrogens is 4. The molecular weight excluding hydrogens is 492 g/mol. The van der Waals surface area contributed by atoms with Crippen LogP contribution in [-0.4, -0.2) is 44.1 Å². The van der Waals surface area contributed by atoms with E-state index in [0.29, 0.717) is 12.2 Å². The van der Waals surface area contributed by atoms with Crippen LogP contribution in [0.4, 0.5) is 10.5 Å². The number of ketones is 1. The highest BCUT2D eigenvalue weighted by Crippen LogP contribution is 2.41. The Kier molecular flexibility index (Phi) is 6.34. The maximum absolute atomic E-state index is 12.7. The van der Waals surface area contributed by atoms with E-state index in [1.807, 2.05) is 35.9 Å². The lowest BCUT2D eigenvalue weighted by Gasteiger charge is -2.34. The maximum atomic E-state index is 12.7. The molecule has 0 saturated heterocycles. The molecule has 39 heavy (non-hydrogen) atoms. The van der Waals surface area contributed by atoms with Crippen LogP contribution in [0.2, 0.25) is 0 Å². The van der Waals surface area contributed by atoms with Crippen LogP contribution in [0.15, 0.2) is 36.5 Å². The van der Waals surface area contributed by atoms with Gasteiger partial charge in [-0.1, -0.05) is 6.42 Å². The van der Waals surface area contributed by atoms with E-state index in [9.17, 15) is 14.9 Å². The zero-order chi connectivity index (χ0) is 27.3. The molecule has 0 spiro atoms. The number of pyridine rings is 1. The van der Waals surface area contributed by atoms with Crippen molar-refractivity contribution in [1.82, 2.24) is 19.1 Å². The number of amides is 1. The van der Waals surface area contributed by atoms with Gasteiger partial charge in [0.05, 0.1) is 30.4 Å². The first-order valence-electron chi connectivity index (χ1n) is 13.7. The fraction of sp³-hybridized carbons (Fsp3) is 0.433. The first-order chi connectivity index (χ1) is 18.9. The Hall–Kier alpha value is -4.19. The van der Waals surface area contributed by atoms with Crippen LogP contribution >= 0.6 is 0 Å². The minimum absolute atomic E-state index is 0.0327. The van der Waals surface area contributed by atoms with Crippen LogP contribution in [0.3, 0.4) is 0 Å². The molecule has 1 aliphatic heterocycles. The van der Waals surface area contributed by atoms with Crippen LogP contribution in [-0.2, 0) is 22.5 Å². The van der Waals surface area contributed by atoms with Gasteiger partial charge >= 0.3 is 6.09 Å². The van der Waals surface area contributed by atoms with E-state index in [4.69, 9.17) is 9.72 Å². The van der Waals surface area contributed by atoms with Crippen molar-refractivity contribution in [2.45, 2.75) is 71.0 Å². The van der Waals surface area contributed by atoms with Gasteiger partial charge in [-0.2, -0.15) is 5.26 Å². The van der Waals surface area contributed by atoms with E-state index in [-0.39, 0.29) is 29.9 Å². The SMILES string of the molecule is COC(=O)N1c2ccc3c(nc(Cn4ccc5ccc(C#N)nc54)n3[C@@H]3CCC[C@@H](C(C)=O)C3)c2CC[C@@H]1C. The Morgan fingerprint density at radius 1 is 1.13 bits per heavy atom. The molecule has 4 heterocycles. The van der Waals surface area contributed by atoms with Crippen LogP contribution in [0.1, 0.15) is 69.1 Å². The summed E-state index contributed by atoms with van der Waals surface area (Å²) >= 11 is 0. The van der Waals surface area contributed by atoms with Gasteiger partial charge in [0.1, 0.15) is 29.0 Å². The number of nitrogens with zero attached hydrogens (tertiary/aromatic N) is 6. The first kappa shape index (κ1) is 25.1. The number of fused-ring (bicyclic) bond motifs is 4. The Labute approximate surface area is 227 Å². The molecule has 9 nitrogen and oxygen atoms in total. The number of hydrogen-bond acceptors (Lipinski definition) is 6. The van der Waals surface area contributed by atoms with E-state index in [0.717, 1.165) is 77.7 Å². The van der Waals surface area contributed by atoms with Crippen LogP contribution in [0.25, 0.3) is 22.1 Å². The number of methoxy groups -OCH3 is 1. The quantitative estimate of drug-likeness (QED) is 0.347. The summed E-state index contributed by atoms with van der Waals surface area (Å²) in [6.45, 7) is 4.22. The summed E-state index contributed by atoms with van der Waals surface area (Å²) in [4.78, 5) is 36.6. The molecule has 3 atom stereocenters. The van der Waals surface area contributed by atoms with E-state index in [2.05, 4.69) is 21.7 Å². The largest absolute Gasteiger partial charge is 0.452 e. The number of imidazole rings is 1. The lowest BCUT2D eigenvalue weighted by Crippen LogP contribution is -2.42. The molecule has 1 aromatic carbocycles. The summed E-state index contributed by atoms with van der Waals surface area (Å²) in [5, 5.41) is 10.4. The third kappa shape index (κ3) is 4.24. The predicted octanol–water partition coefficient (Wildman–Crippen LogP) is 5.53. The monoisotopic (exact) mass is 524 g/mol. The molecule has 0 radical (unpaired) electrons. The Morgan fingerprint density at radius 2 is 1.97 bits per heavy atom. The predicted molar refractivity (Wildman–Crippen MR) is 148 cm³/mol. The van der Waals surface area contributed by atoms with E-state index in [1.54, 1.807) is 17.9 Å². The third-order valence-corrected chi connectivity index (χ3v) is 8.52. The van der Waals surface area contributed by atoms with E-state index in [1.165, 1.54) is 7.11 Å². The smallest absolute Gasteiger partial charge is 0.414 e. The third-order valence-electron chi connectivity index (χ3n) is 8.52. The minimum Gasteiger partial charge on any atom is -0.452 e. The number of aryl methyl sites for hydroxylation is 1. The second kappa shape index (κ2) is 9.84. The molecule has 0 unspecified atom stereocenters. The second-order valence-electron chi connectivity index (χ2n) is 10.8. The molecule has 1 amide bonds. The number of Topliss-reactive ketones (excluding diaryl/α,β-unsaturated/α-hetero) is 1. The van der Waals surface area contributed by atoms with Gasteiger partial charge in [0.25, 0.3) is 0 Å². The van der Waals surface area contributed by atoms with E-state index < -0.39 is 0 Å². The van der Waals surface area contributed by atoms with Gasteiger partial charge in [-0.15, -0.1) is 0 Å². The molecule has 0 N–H and O–H groups in total. The van der Waals surface area contributed by atoms with Crippen molar-refractivity contribution in [2.24, 2.45) is 5.92 Å². The molecule has 9 heteroatoms. The molecule has 1 aliphatic carbocycles. The lowest BCUT2D eigenvalue weighted by molar-refractivity contribution is -0.122. The molecule has 6 rings (SSSR count). The standard InChI is InChI=1S/C30H32N6O3/c1-18-7-10-24-25(35(18)30(38)39-3)11-12-26-28(24)33-27(36(26)23-6-4-5-21(15-23)19(2)37)17-34-14-13-20-8-9-22(16-31)32-29(20)34/h8-9,11-14,18,21,23H,4-7,10,15,17H2,1-3H3/t18-,21+,23+/m0/s1. The summed E-state index contributed by atoms with van der Waals surface area (Å²) in [5.41, 5.74) is 4.94. The number of rotatable bonds is 4. The fourth-order valence-corrected chi connectivity index (χ4v) is 6.51. The second-order valence-corrected chi connectivity index (χ2v) is 10.8. The molecule has 4 aromatic rings. The topological polar surface area (TPSA) is 106 Å². The number of hydrogen-bond donors (Lipinski definition) is 0. The summed E-state index contributed by atoms with van der Waals surface area (Å²) in [6.07, 6.45) is 6.95. The number of anilines is 1. The van der Waals surface area contributed by atoms with Crippen LogP contribution in [0.5, 0.6) is 0 Å².